The van der Waals surface area contributed by atoms with Gasteiger partial charge >= 0.3 is 6.18 Å². The number of halogens is 4. The lowest BCUT2D eigenvalue weighted by Crippen LogP contribution is -2.51. The summed E-state index contributed by atoms with van der Waals surface area (Å²) in [5, 5.41) is 0. The summed E-state index contributed by atoms with van der Waals surface area (Å²) in [4.78, 5) is 12.3. The zero-order chi connectivity index (χ0) is 23.2. The average molecular weight is 460 g/mol. The van der Waals surface area contributed by atoms with E-state index in [0.29, 0.717) is 10.5 Å². The monoisotopic (exact) mass is 459 g/mol. The van der Waals surface area contributed by atoms with E-state index >= 15 is 0 Å². The van der Waals surface area contributed by atoms with Crippen LogP contribution in [-0.2, 0) is 20.3 Å². The Labute approximate surface area is 181 Å². The molecule has 2 aliphatic rings. The van der Waals surface area contributed by atoms with Crippen LogP contribution >= 0.6 is 0 Å². The van der Waals surface area contributed by atoms with Gasteiger partial charge in [-0.3, -0.25) is 9.00 Å². The Bertz CT molecular complexity index is 898. The Balaban J connectivity index is 0.00000166. The molecule has 0 aromatic heterocycles. The van der Waals surface area contributed by atoms with E-state index < -0.39 is 39.4 Å². The molecule has 9 heteroatoms. The van der Waals surface area contributed by atoms with Crippen LogP contribution in [0.2, 0.25) is 0 Å². The van der Waals surface area contributed by atoms with Crippen LogP contribution in [0.5, 0.6) is 0 Å². The number of rotatable bonds is 4. The normalized spacial score (nSPS) is 21.7. The van der Waals surface area contributed by atoms with E-state index in [4.69, 9.17) is 10.5 Å². The van der Waals surface area contributed by atoms with Gasteiger partial charge in [-0.2, -0.15) is 13.2 Å². The molecular weight excluding hydrogens is 434 g/mol. The van der Waals surface area contributed by atoms with E-state index in [9.17, 15) is 26.6 Å². The summed E-state index contributed by atoms with van der Waals surface area (Å²) in [6.07, 6.45) is -2.40. The predicted molar refractivity (Wildman–Crippen MR) is 112 cm³/mol. The van der Waals surface area contributed by atoms with Gasteiger partial charge < -0.3 is 10.5 Å². The summed E-state index contributed by atoms with van der Waals surface area (Å²) < 4.78 is 70.1. The zero-order valence-corrected chi connectivity index (χ0v) is 18.1. The number of amides is 1. The van der Waals surface area contributed by atoms with Gasteiger partial charge in [0.1, 0.15) is 10.9 Å². The molecule has 2 atom stereocenters. The van der Waals surface area contributed by atoms with Crippen LogP contribution in [0.4, 0.5) is 17.6 Å². The Hall–Kier alpha value is -2.26. The highest BCUT2D eigenvalue weighted by Crippen LogP contribution is 2.36. The molecule has 31 heavy (non-hydrogen) atoms. The van der Waals surface area contributed by atoms with Crippen molar-refractivity contribution in [3.05, 3.63) is 59.7 Å². The lowest BCUT2D eigenvalue weighted by atomic mass is 9.98. The van der Waals surface area contributed by atoms with Crippen LogP contribution in [0.3, 0.4) is 0 Å². The summed E-state index contributed by atoms with van der Waals surface area (Å²) >= 11 is 0. The zero-order valence-electron chi connectivity index (χ0n) is 17.2. The van der Waals surface area contributed by atoms with Crippen LogP contribution in [0.1, 0.15) is 32.3 Å². The molecular formula is C22H25F4NO3S. The summed E-state index contributed by atoms with van der Waals surface area (Å²) in [6, 6.07) is 5.94. The van der Waals surface area contributed by atoms with Crippen molar-refractivity contribution in [1.82, 2.24) is 0 Å². The molecule has 0 spiro atoms. The first-order chi connectivity index (χ1) is 14.6. The second-order valence-corrected chi connectivity index (χ2v) is 8.56. The molecule has 1 fully saturated rings. The molecule has 0 bridgehead atoms. The summed E-state index contributed by atoms with van der Waals surface area (Å²) in [7, 11) is -1.75. The maximum absolute atomic E-state index is 13.8. The highest BCUT2D eigenvalue weighted by molar-refractivity contribution is 7.87. The maximum atomic E-state index is 13.8. The third kappa shape index (κ3) is 5.51. The molecule has 170 valence electrons. The Morgan fingerprint density at radius 1 is 1.16 bits per heavy atom. The predicted octanol–water partition coefficient (Wildman–Crippen LogP) is 4.63. The maximum Gasteiger partial charge on any atom is 0.415 e. The summed E-state index contributed by atoms with van der Waals surface area (Å²) in [5.41, 5.74) is 4.79. The molecule has 1 aromatic rings. The highest BCUT2D eigenvalue weighted by Gasteiger charge is 2.45. The van der Waals surface area contributed by atoms with Crippen molar-refractivity contribution in [3.63, 3.8) is 0 Å². The molecule has 2 unspecified atom stereocenters. The molecule has 4 nitrogen and oxygen atoms in total. The number of nitrogens with two attached hydrogens (primary N) is 1. The topological polar surface area (TPSA) is 69.4 Å². The minimum atomic E-state index is -4.80. The van der Waals surface area contributed by atoms with Gasteiger partial charge in [0.05, 0.1) is 16.4 Å². The van der Waals surface area contributed by atoms with Gasteiger partial charge in [-0.05, 0) is 48.3 Å². The molecule has 2 N–H and O–H groups in total. The minimum absolute atomic E-state index is 0.168. The number of hydrogen-bond donors (Lipinski definition) is 1. The van der Waals surface area contributed by atoms with E-state index in [1.807, 2.05) is 13.8 Å². The van der Waals surface area contributed by atoms with Crippen LogP contribution < -0.4 is 5.73 Å². The van der Waals surface area contributed by atoms with Gasteiger partial charge in [0, 0.05) is 18.1 Å². The number of primary amides is 1. The van der Waals surface area contributed by atoms with Gasteiger partial charge in [-0.25, -0.2) is 4.39 Å². The standard InChI is InChI=1S/C20H19F4NO3S.C2H6/c21-17-3-1-2-14(12-16(17)20(22,23)24)13-4-6-15(7-5-13)29(27)19(18(25)26)8-10-28-11-9-19;1-2/h1-7,12,17H,8-11H2,(H2,25,26);1-2H3. The van der Waals surface area contributed by atoms with E-state index in [1.54, 1.807) is 0 Å². The molecule has 1 saturated heterocycles. The Morgan fingerprint density at radius 2 is 1.74 bits per heavy atom. The van der Waals surface area contributed by atoms with Crippen molar-refractivity contribution >= 4 is 22.3 Å². The van der Waals surface area contributed by atoms with Gasteiger partial charge in [0.15, 0.2) is 0 Å². The molecule has 3 rings (SSSR count). The SMILES string of the molecule is CC.NC(=O)C1(S(=O)c2ccc(C3=CC=CC(F)C(C(F)(F)F)=C3)cc2)CCOCC1. The van der Waals surface area contributed by atoms with Crippen molar-refractivity contribution in [2.24, 2.45) is 5.73 Å². The number of carbonyl (C=O) groups excluding carboxylic acids is 1. The quantitative estimate of drug-likeness (QED) is 0.668. The fourth-order valence-corrected chi connectivity index (χ4v) is 4.85. The Kier molecular flexibility index (Phi) is 8.36. The highest BCUT2D eigenvalue weighted by atomic mass is 32.2. The molecule has 1 amide bonds. The van der Waals surface area contributed by atoms with E-state index in [2.05, 4.69) is 0 Å². The number of allylic oxidation sites excluding steroid dienone is 6. The number of alkyl halides is 4. The largest absolute Gasteiger partial charge is 0.415 e. The first-order valence-corrected chi connectivity index (χ1v) is 11.0. The van der Waals surface area contributed by atoms with E-state index in [1.165, 1.54) is 36.4 Å². The fraction of sp³-hybridized carbons (Fsp3) is 0.409. The molecule has 0 saturated carbocycles. The average Bonchev–Trinajstić information content (AvgIpc) is 2.96. The smallest absolute Gasteiger partial charge is 0.381 e. The lowest BCUT2D eigenvalue weighted by Gasteiger charge is -2.33. The number of hydrogen-bond acceptors (Lipinski definition) is 3. The molecule has 1 aromatic carbocycles. The molecule has 0 radical (unpaired) electrons. The number of benzene rings is 1. The third-order valence-corrected chi connectivity index (χ3v) is 7.02. The van der Waals surface area contributed by atoms with E-state index in [0.717, 1.165) is 12.2 Å². The van der Waals surface area contributed by atoms with Crippen LogP contribution in [-0.4, -0.2) is 40.4 Å². The minimum Gasteiger partial charge on any atom is -0.381 e. The van der Waals surface area contributed by atoms with E-state index in [-0.39, 0.29) is 31.6 Å². The molecule has 1 aliphatic heterocycles. The van der Waals surface area contributed by atoms with Crippen LogP contribution in [0, 0.1) is 0 Å². The van der Waals surface area contributed by atoms with Crippen molar-refractivity contribution in [2.75, 3.05) is 13.2 Å². The van der Waals surface area contributed by atoms with Gasteiger partial charge in [0.2, 0.25) is 5.91 Å². The molecule has 1 heterocycles. The van der Waals surface area contributed by atoms with Gasteiger partial charge in [-0.15, -0.1) is 0 Å². The second-order valence-electron chi connectivity index (χ2n) is 6.77. The van der Waals surface area contributed by atoms with Crippen LogP contribution in [0.15, 0.2) is 59.0 Å². The number of carbonyl (C=O) groups is 1. The third-order valence-electron chi connectivity index (χ3n) is 5.00. The lowest BCUT2D eigenvalue weighted by molar-refractivity contribution is -0.122. The Morgan fingerprint density at radius 3 is 2.26 bits per heavy atom. The van der Waals surface area contributed by atoms with Crippen molar-refractivity contribution < 1.29 is 31.3 Å². The van der Waals surface area contributed by atoms with Gasteiger partial charge in [-0.1, -0.05) is 38.1 Å². The number of ether oxygens (including phenoxy) is 1. The fourth-order valence-electron chi connectivity index (χ4n) is 3.29. The first-order valence-electron chi connectivity index (χ1n) is 9.86. The summed E-state index contributed by atoms with van der Waals surface area (Å²) in [6.45, 7) is 4.53. The first kappa shape index (κ1) is 25.0. The second kappa shape index (κ2) is 10.4. The van der Waals surface area contributed by atoms with Gasteiger partial charge in [0.25, 0.3) is 0 Å². The van der Waals surface area contributed by atoms with Crippen LogP contribution in [0.25, 0.3) is 5.57 Å². The molecule has 1 aliphatic carbocycles. The summed E-state index contributed by atoms with van der Waals surface area (Å²) in [5.74, 6) is -0.674. The van der Waals surface area contributed by atoms with Crippen molar-refractivity contribution in [2.45, 2.75) is 48.7 Å². The van der Waals surface area contributed by atoms with Crippen molar-refractivity contribution in [1.29, 1.82) is 0 Å². The van der Waals surface area contributed by atoms with Crippen molar-refractivity contribution in [3.8, 4) is 0 Å².